The van der Waals surface area contributed by atoms with Crippen LogP contribution in [0.25, 0.3) is 5.78 Å². The van der Waals surface area contributed by atoms with E-state index in [1.807, 2.05) is 0 Å². The second-order valence-corrected chi connectivity index (χ2v) is 3.80. The van der Waals surface area contributed by atoms with Crippen molar-refractivity contribution in [1.29, 1.82) is 0 Å². The minimum Gasteiger partial charge on any atom is -0.784 e. The normalized spacial score (nSPS) is 11.1. The molecule has 0 amide bonds. The molecule has 0 fully saturated rings. The molecule has 0 saturated carbocycles. The number of hydrogen-bond donors (Lipinski definition) is 1. The van der Waals surface area contributed by atoms with Gasteiger partial charge in [-0.1, -0.05) is 12.2 Å². The van der Waals surface area contributed by atoms with E-state index in [9.17, 15) is 9.18 Å². The van der Waals surface area contributed by atoms with Gasteiger partial charge in [0, 0.05) is 6.07 Å². The molecule has 0 bridgehead atoms. The number of carbonyl (C=O) groups is 1. The molecule has 0 saturated heterocycles. The zero-order chi connectivity index (χ0) is 13.1. The van der Waals surface area contributed by atoms with Crippen molar-refractivity contribution in [3.05, 3.63) is 34.0 Å². The molecule has 2 heterocycles. The van der Waals surface area contributed by atoms with E-state index in [0.29, 0.717) is 21.5 Å². The van der Waals surface area contributed by atoms with E-state index in [1.54, 1.807) is 0 Å². The van der Waals surface area contributed by atoms with Crippen molar-refractivity contribution in [2.45, 2.75) is 6.61 Å². The molecule has 2 aromatic heterocycles. The Morgan fingerprint density at radius 2 is 2.42 bits per heavy atom. The first-order chi connectivity index (χ1) is 8.61. The number of H-pyrrole nitrogens is 1. The molecule has 0 aliphatic heterocycles. The minimum atomic E-state index is -1.13. The Hall–Kier alpha value is -0.870. The zero-order valence-corrected chi connectivity index (χ0v) is 13.4. The second kappa shape index (κ2) is 7.06. The van der Waals surface area contributed by atoms with E-state index < -0.39 is 11.8 Å². The molecule has 0 atom stereocenters. The summed E-state index contributed by atoms with van der Waals surface area (Å²) < 4.78 is 19.3. The molecule has 0 aromatic carbocycles. The molecule has 6 nitrogen and oxygen atoms in total. The van der Waals surface area contributed by atoms with Crippen molar-refractivity contribution in [1.82, 2.24) is 19.6 Å². The maximum atomic E-state index is 12.7. The summed E-state index contributed by atoms with van der Waals surface area (Å²) in [4.78, 5) is 19.0. The molecule has 19 heavy (non-hydrogen) atoms. The molecule has 1 N–H and O–H groups in total. The van der Waals surface area contributed by atoms with Crippen molar-refractivity contribution in [3.8, 4) is 0 Å². The molecule has 2 aromatic rings. The van der Waals surface area contributed by atoms with Gasteiger partial charge < -0.3 is 17.4 Å². The Morgan fingerprint density at radius 1 is 1.68 bits per heavy atom. The molecule has 0 unspecified atom stereocenters. The fourth-order valence-electron chi connectivity index (χ4n) is 1.20. The van der Waals surface area contributed by atoms with Crippen molar-refractivity contribution < 1.29 is 43.5 Å². The van der Waals surface area contributed by atoms with Crippen LogP contribution >= 0.6 is 12.2 Å². The number of fused-ring (bicyclic) bond motifs is 1. The van der Waals surface area contributed by atoms with Crippen LogP contribution in [0.2, 0.25) is 0 Å². The van der Waals surface area contributed by atoms with Crippen LogP contribution in [-0.2, 0) is 28.8 Å². The quantitative estimate of drug-likeness (QED) is 0.237. The molecule has 0 aliphatic carbocycles. The van der Waals surface area contributed by atoms with E-state index in [-0.39, 0.29) is 36.2 Å². The predicted octanol–water partition coefficient (Wildman–Crippen LogP) is -1.81. The summed E-state index contributed by atoms with van der Waals surface area (Å²) in [5, 5.41) is 3.37. The van der Waals surface area contributed by atoms with Gasteiger partial charge in [-0.25, -0.2) is 23.7 Å². The number of aromatic amines is 1. The fraction of sp³-hybridized carbons (Fsp3) is 0.111. The smallest absolute Gasteiger partial charge is 0.784 e. The standard InChI is InChI=1S/C9H7FN4O2S2.Na/c10-6(3-17)8(15)16-2-5-1-7(18)14-9(13-5)11-4-12-14;/h1,3-4,17H,2H2,(H,11,12,13);/q;+1/p-1/b6-3-;. The molecular formula is C9H6FN4NaO2S2. The Bertz CT molecular complexity index is 684. The van der Waals surface area contributed by atoms with E-state index in [4.69, 9.17) is 12.2 Å². The van der Waals surface area contributed by atoms with Gasteiger partial charge in [0.1, 0.15) is 17.6 Å². The average Bonchev–Trinajstić information content (AvgIpc) is 2.83. The first kappa shape index (κ1) is 16.2. The summed E-state index contributed by atoms with van der Waals surface area (Å²) in [6.45, 7) is -0.206. The SMILES string of the molecule is O=C(OCc1cc(=S)n2[nH]cnc2n1)/C(F)=C/[S-].[Na+]. The van der Waals surface area contributed by atoms with Gasteiger partial charge in [0.2, 0.25) is 0 Å². The van der Waals surface area contributed by atoms with Crippen LogP contribution in [0.15, 0.2) is 23.6 Å². The van der Waals surface area contributed by atoms with E-state index >= 15 is 0 Å². The third-order valence-electron chi connectivity index (χ3n) is 1.97. The number of rotatable bonds is 3. The summed E-state index contributed by atoms with van der Waals surface area (Å²) in [6, 6.07) is 1.52. The molecule has 0 radical (unpaired) electrons. The van der Waals surface area contributed by atoms with Crippen LogP contribution < -0.4 is 29.6 Å². The Balaban J connectivity index is 0.00000180. The van der Waals surface area contributed by atoms with E-state index in [1.165, 1.54) is 16.9 Å². The zero-order valence-electron chi connectivity index (χ0n) is 9.79. The van der Waals surface area contributed by atoms with Crippen LogP contribution in [0, 0.1) is 4.64 Å². The first-order valence-electron chi connectivity index (χ1n) is 4.68. The summed E-state index contributed by atoms with van der Waals surface area (Å²) in [5.41, 5.74) is 0.373. The number of nitrogens with one attached hydrogen (secondary N) is 1. The van der Waals surface area contributed by atoms with Crippen LogP contribution in [0.1, 0.15) is 5.69 Å². The maximum Gasteiger partial charge on any atom is 1.00 e. The summed E-state index contributed by atoms with van der Waals surface area (Å²) in [7, 11) is 0. The summed E-state index contributed by atoms with van der Waals surface area (Å²) in [5.74, 6) is -1.92. The van der Waals surface area contributed by atoms with Crippen molar-refractivity contribution in [2.75, 3.05) is 0 Å². The van der Waals surface area contributed by atoms with Gasteiger partial charge in [0.25, 0.3) is 5.78 Å². The Morgan fingerprint density at radius 3 is 3.11 bits per heavy atom. The average molecular weight is 308 g/mol. The summed E-state index contributed by atoms with van der Waals surface area (Å²) in [6.07, 6.45) is 1.42. The number of hydrogen-bond acceptors (Lipinski definition) is 6. The Kier molecular flexibility index (Phi) is 6.01. The van der Waals surface area contributed by atoms with Crippen LogP contribution in [0.4, 0.5) is 4.39 Å². The van der Waals surface area contributed by atoms with Gasteiger partial charge in [0.15, 0.2) is 5.83 Å². The molecule has 0 spiro atoms. The van der Waals surface area contributed by atoms with Crippen LogP contribution in [0.3, 0.4) is 0 Å². The largest absolute Gasteiger partial charge is 1.00 e. The van der Waals surface area contributed by atoms with Crippen LogP contribution in [-0.4, -0.2) is 25.6 Å². The van der Waals surface area contributed by atoms with Crippen molar-refractivity contribution in [2.24, 2.45) is 0 Å². The number of aromatic nitrogens is 4. The van der Waals surface area contributed by atoms with E-state index in [0.717, 1.165) is 0 Å². The van der Waals surface area contributed by atoms with Crippen LogP contribution in [0.5, 0.6) is 0 Å². The molecule has 2 rings (SSSR count). The summed E-state index contributed by atoms with van der Waals surface area (Å²) >= 11 is 9.32. The van der Waals surface area contributed by atoms with Crippen molar-refractivity contribution in [3.63, 3.8) is 0 Å². The molecule has 94 valence electrons. The monoisotopic (exact) mass is 308 g/mol. The fourth-order valence-corrected chi connectivity index (χ4v) is 1.57. The first-order valence-corrected chi connectivity index (χ1v) is 5.56. The van der Waals surface area contributed by atoms with E-state index in [2.05, 4.69) is 32.4 Å². The topological polar surface area (TPSA) is 72.3 Å². The van der Waals surface area contributed by atoms with Gasteiger partial charge in [-0.05, 0) is 0 Å². The number of carbonyl (C=O) groups excluding carboxylic acids is 1. The Labute approximate surface area is 139 Å². The molecular weight excluding hydrogens is 302 g/mol. The second-order valence-electron chi connectivity index (χ2n) is 3.15. The van der Waals surface area contributed by atoms with Gasteiger partial charge in [-0.15, -0.1) is 0 Å². The van der Waals surface area contributed by atoms with Gasteiger partial charge in [-0.3, -0.25) is 5.10 Å². The number of esters is 1. The third kappa shape index (κ3) is 3.80. The van der Waals surface area contributed by atoms with Gasteiger partial charge in [-0.2, -0.15) is 5.41 Å². The minimum absolute atomic E-state index is 0. The van der Waals surface area contributed by atoms with Crippen molar-refractivity contribution >= 4 is 36.6 Å². The predicted molar refractivity (Wildman–Crippen MR) is 64.5 cm³/mol. The third-order valence-corrected chi connectivity index (χ3v) is 2.48. The number of ether oxygens (including phenoxy) is 1. The maximum absolute atomic E-state index is 12.7. The van der Waals surface area contributed by atoms with Gasteiger partial charge in [0.05, 0.1) is 5.69 Å². The number of nitrogens with zero attached hydrogens (tertiary/aromatic N) is 3. The van der Waals surface area contributed by atoms with Gasteiger partial charge >= 0.3 is 35.5 Å². The molecule has 10 heteroatoms. The molecule has 0 aliphatic rings. The number of halogens is 1.